The second-order valence-corrected chi connectivity index (χ2v) is 11.1. The van der Waals surface area contributed by atoms with Gasteiger partial charge in [-0.25, -0.2) is 0 Å². The lowest BCUT2D eigenvalue weighted by atomic mass is 9.83. The van der Waals surface area contributed by atoms with Gasteiger partial charge in [0.15, 0.2) is 11.5 Å². The summed E-state index contributed by atoms with van der Waals surface area (Å²) >= 11 is 0. The first kappa shape index (κ1) is 30.0. The smallest absolute Gasteiger partial charge is 0.157 e. The highest BCUT2D eigenvalue weighted by Gasteiger charge is 2.20. The molecule has 5 rings (SSSR count). The van der Waals surface area contributed by atoms with E-state index in [-0.39, 0.29) is 11.5 Å². The normalized spacial score (nSPS) is 16.0. The van der Waals surface area contributed by atoms with Crippen LogP contribution in [0.15, 0.2) is 42.5 Å². The molecule has 39 heavy (non-hydrogen) atoms. The largest absolute Gasteiger partial charge is 0.508 e. The number of benzene rings is 3. The summed E-state index contributed by atoms with van der Waals surface area (Å²) in [7, 11) is 0. The molecule has 0 unspecified atom stereocenters. The lowest BCUT2D eigenvalue weighted by Crippen LogP contribution is -2.04. The minimum atomic E-state index is -0.0689. The van der Waals surface area contributed by atoms with Gasteiger partial charge >= 0.3 is 0 Å². The van der Waals surface area contributed by atoms with Crippen molar-refractivity contribution in [2.75, 3.05) is 0 Å². The van der Waals surface area contributed by atoms with Crippen LogP contribution in [0, 0.1) is 20.8 Å². The zero-order chi connectivity index (χ0) is 28.5. The molecule has 2 aliphatic carbocycles. The van der Waals surface area contributed by atoms with E-state index in [1.807, 2.05) is 6.92 Å². The number of aryl methyl sites for hydroxylation is 3. The molecule has 0 aromatic heterocycles. The van der Waals surface area contributed by atoms with Crippen LogP contribution in [0.3, 0.4) is 0 Å². The minimum Gasteiger partial charge on any atom is -0.508 e. The maximum Gasteiger partial charge on any atom is 0.157 e. The SMILES string of the molecule is Cc1cc(O)c(C2CCCCC2)cc1O.Cc1cc(O)c(C2CCCCC2)cc1O.Cc1ccc(O)c(O)c1. The van der Waals surface area contributed by atoms with E-state index in [0.29, 0.717) is 34.8 Å². The third-order valence-corrected chi connectivity index (χ3v) is 7.91. The van der Waals surface area contributed by atoms with Crippen molar-refractivity contribution in [3.8, 4) is 34.5 Å². The molecule has 6 N–H and O–H groups in total. The molecule has 0 radical (unpaired) electrons. The number of phenols is 6. The number of rotatable bonds is 2. The molecule has 0 spiro atoms. The summed E-state index contributed by atoms with van der Waals surface area (Å²) in [4.78, 5) is 0. The van der Waals surface area contributed by atoms with Gasteiger partial charge in [-0.05, 0) is 111 Å². The molecule has 6 heteroatoms. The Kier molecular flexibility index (Phi) is 10.8. The first-order valence-electron chi connectivity index (χ1n) is 14.1. The van der Waals surface area contributed by atoms with Gasteiger partial charge in [0.05, 0.1) is 0 Å². The second-order valence-electron chi connectivity index (χ2n) is 11.1. The number of aromatic hydroxyl groups is 6. The molecule has 0 amide bonds. The Labute approximate surface area is 232 Å². The van der Waals surface area contributed by atoms with Crippen molar-refractivity contribution in [2.24, 2.45) is 0 Å². The Bertz CT molecular complexity index is 1150. The monoisotopic (exact) mass is 536 g/mol. The van der Waals surface area contributed by atoms with E-state index in [2.05, 4.69) is 0 Å². The van der Waals surface area contributed by atoms with E-state index >= 15 is 0 Å². The summed E-state index contributed by atoms with van der Waals surface area (Å²) in [6.07, 6.45) is 12.1. The Hall–Kier alpha value is -3.54. The van der Waals surface area contributed by atoms with Gasteiger partial charge in [-0.15, -0.1) is 0 Å². The van der Waals surface area contributed by atoms with Crippen molar-refractivity contribution in [3.05, 3.63) is 70.3 Å². The molecule has 212 valence electrons. The summed E-state index contributed by atoms with van der Waals surface area (Å²) in [6, 6.07) is 11.5. The van der Waals surface area contributed by atoms with Crippen molar-refractivity contribution < 1.29 is 30.6 Å². The third-order valence-electron chi connectivity index (χ3n) is 7.91. The summed E-state index contributed by atoms with van der Waals surface area (Å²) < 4.78 is 0. The van der Waals surface area contributed by atoms with Crippen molar-refractivity contribution in [2.45, 2.75) is 96.8 Å². The molecule has 0 saturated heterocycles. The zero-order valence-corrected chi connectivity index (χ0v) is 23.5. The second kappa shape index (κ2) is 14.0. The van der Waals surface area contributed by atoms with Crippen LogP contribution in [0.4, 0.5) is 0 Å². The fraction of sp³-hybridized carbons (Fsp3) is 0.455. The molecule has 0 bridgehead atoms. The summed E-state index contributed by atoms with van der Waals surface area (Å²) in [5, 5.41) is 56.6. The molecule has 0 atom stereocenters. The fourth-order valence-electron chi connectivity index (χ4n) is 5.51. The van der Waals surface area contributed by atoms with Gasteiger partial charge < -0.3 is 30.6 Å². The number of phenolic OH excluding ortho intramolecular Hbond substituents is 6. The minimum absolute atomic E-state index is 0.0602. The molecule has 0 heterocycles. The average Bonchev–Trinajstić information content (AvgIpc) is 2.92. The molecular formula is C33H44O6. The predicted molar refractivity (Wildman–Crippen MR) is 155 cm³/mol. The van der Waals surface area contributed by atoms with E-state index in [1.54, 1.807) is 44.2 Å². The van der Waals surface area contributed by atoms with E-state index in [1.165, 1.54) is 50.7 Å². The molecule has 2 fully saturated rings. The van der Waals surface area contributed by atoms with E-state index in [4.69, 9.17) is 10.2 Å². The maximum absolute atomic E-state index is 9.86. The molecule has 2 saturated carbocycles. The lowest BCUT2D eigenvalue weighted by Gasteiger charge is -2.23. The quantitative estimate of drug-likeness (QED) is 0.145. The van der Waals surface area contributed by atoms with Crippen LogP contribution >= 0.6 is 0 Å². The lowest BCUT2D eigenvalue weighted by molar-refractivity contribution is 0.403. The first-order chi connectivity index (χ1) is 18.6. The van der Waals surface area contributed by atoms with Crippen LogP contribution in [0.5, 0.6) is 34.5 Å². The van der Waals surface area contributed by atoms with E-state index < -0.39 is 0 Å². The van der Waals surface area contributed by atoms with Gasteiger partial charge in [0.1, 0.15) is 23.0 Å². The third kappa shape index (κ3) is 8.47. The van der Waals surface area contributed by atoms with E-state index in [9.17, 15) is 20.4 Å². The Morgan fingerprint density at radius 1 is 0.436 bits per heavy atom. The van der Waals surface area contributed by atoms with Crippen molar-refractivity contribution >= 4 is 0 Å². The van der Waals surface area contributed by atoms with Crippen LogP contribution < -0.4 is 0 Å². The molecular weight excluding hydrogens is 492 g/mol. The standard InChI is InChI=1S/2C13H18O2.C7H8O2/c2*1-9-7-13(15)11(8-12(9)14)10-5-3-2-4-6-10;1-5-2-3-6(8)7(9)4-5/h2*7-8,10,14-15H,2-6H2,1H3;2-4,8-9H,1H3. The van der Waals surface area contributed by atoms with Crippen LogP contribution in [0.1, 0.15) is 104 Å². The van der Waals surface area contributed by atoms with E-state index in [0.717, 1.165) is 53.5 Å². The topological polar surface area (TPSA) is 121 Å². The van der Waals surface area contributed by atoms with Crippen molar-refractivity contribution in [1.82, 2.24) is 0 Å². The van der Waals surface area contributed by atoms with Gasteiger partial charge in [0, 0.05) is 11.1 Å². The molecule has 0 aliphatic heterocycles. The Morgan fingerprint density at radius 3 is 1.21 bits per heavy atom. The summed E-state index contributed by atoms with van der Waals surface area (Å²) in [5.74, 6) is 2.03. The van der Waals surface area contributed by atoms with Gasteiger partial charge in [0.25, 0.3) is 0 Å². The average molecular weight is 537 g/mol. The Balaban J connectivity index is 0.000000167. The van der Waals surface area contributed by atoms with Crippen molar-refractivity contribution in [3.63, 3.8) is 0 Å². The van der Waals surface area contributed by atoms with Gasteiger partial charge in [-0.3, -0.25) is 0 Å². The highest BCUT2D eigenvalue weighted by Crippen LogP contribution is 2.40. The highest BCUT2D eigenvalue weighted by molar-refractivity contribution is 5.47. The van der Waals surface area contributed by atoms with Crippen LogP contribution in [0.25, 0.3) is 0 Å². The van der Waals surface area contributed by atoms with Gasteiger partial charge in [0.2, 0.25) is 0 Å². The first-order valence-corrected chi connectivity index (χ1v) is 14.1. The van der Waals surface area contributed by atoms with Gasteiger partial charge in [-0.1, -0.05) is 44.6 Å². The van der Waals surface area contributed by atoms with Crippen molar-refractivity contribution in [1.29, 1.82) is 0 Å². The number of hydrogen-bond donors (Lipinski definition) is 6. The molecule has 6 nitrogen and oxygen atoms in total. The molecule has 2 aliphatic rings. The van der Waals surface area contributed by atoms with Gasteiger partial charge in [-0.2, -0.15) is 0 Å². The maximum atomic E-state index is 9.86. The predicted octanol–water partition coefficient (Wildman–Crippen LogP) is 8.31. The Morgan fingerprint density at radius 2 is 0.846 bits per heavy atom. The summed E-state index contributed by atoms with van der Waals surface area (Å²) in [5.41, 5.74) is 4.28. The molecule has 3 aromatic carbocycles. The summed E-state index contributed by atoms with van der Waals surface area (Å²) in [6.45, 7) is 5.46. The highest BCUT2D eigenvalue weighted by atomic mass is 16.3. The fourth-order valence-corrected chi connectivity index (χ4v) is 5.51. The van der Waals surface area contributed by atoms with Crippen LogP contribution in [0.2, 0.25) is 0 Å². The number of hydrogen-bond acceptors (Lipinski definition) is 6. The van der Waals surface area contributed by atoms with Crippen LogP contribution in [-0.2, 0) is 0 Å². The van der Waals surface area contributed by atoms with Crippen LogP contribution in [-0.4, -0.2) is 30.6 Å². The zero-order valence-electron chi connectivity index (χ0n) is 23.5. The molecule has 3 aromatic rings.